The summed E-state index contributed by atoms with van der Waals surface area (Å²) in [6.07, 6.45) is -1.21. The zero-order chi connectivity index (χ0) is 24.9. The smallest absolute Gasteiger partial charge is 0.412 e. The molecule has 178 valence electrons. The molecule has 0 spiro atoms. The largest absolute Gasteiger partial charge is 0.481 e. The highest BCUT2D eigenvalue weighted by molar-refractivity contribution is 6.31. The maximum atomic E-state index is 12.6. The molecule has 0 saturated carbocycles. The van der Waals surface area contributed by atoms with Crippen molar-refractivity contribution in [2.24, 2.45) is 0 Å². The van der Waals surface area contributed by atoms with E-state index in [-0.39, 0.29) is 6.42 Å². The van der Waals surface area contributed by atoms with Gasteiger partial charge in [-0.05, 0) is 36.6 Å². The van der Waals surface area contributed by atoms with Crippen molar-refractivity contribution in [3.8, 4) is 22.4 Å². The summed E-state index contributed by atoms with van der Waals surface area (Å²) in [6, 6.07) is 22.2. The molecule has 1 heterocycles. The number of aromatic nitrogens is 1. The van der Waals surface area contributed by atoms with Gasteiger partial charge in [-0.3, -0.25) is 10.1 Å². The van der Waals surface area contributed by atoms with E-state index >= 15 is 0 Å². The molecule has 4 aromatic rings. The summed E-state index contributed by atoms with van der Waals surface area (Å²) in [7, 11) is 0. The molecule has 1 amide bonds. The molecule has 4 rings (SSSR count). The van der Waals surface area contributed by atoms with E-state index in [1.54, 1.807) is 38.1 Å². The number of hydrogen-bond acceptors (Lipinski definition) is 5. The first kappa shape index (κ1) is 24.0. The Bertz CT molecular complexity index is 1350. The number of anilines is 1. The van der Waals surface area contributed by atoms with Gasteiger partial charge in [0.2, 0.25) is 0 Å². The topological polar surface area (TPSA) is 102 Å². The van der Waals surface area contributed by atoms with Crippen molar-refractivity contribution in [1.82, 2.24) is 5.16 Å². The molecule has 0 aliphatic rings. The van der Waals surface area contributed by atoms with Crippen molar-refractivity contribution >= 4 is 29.4 Å². The summed E-state index contributed by atoms with van der Waals surface area (Å²) in [4.78, 5) is 23.5. The summed E-state index contributed by atoms with van der Waals surface area (Å²) < 4.78 is 10.8. The molecule has 2 N–H and O–H groups in total. The lowest BCUT2D eigenvalue weighted by atomic mass is 10.0. The number of amides is 1. The number of ether oxygens (including phenoxy) is 1. The monoisotopic (exact) mass is 490 g/mol. The van der Waals surface area contributed by atoms with Crippen LogP contribution in [-0.2, 0) is 16.0 Å². The third-order valence-corrected chi connectivity index (χ3v) is 5.86. The number of hydrogen-bond donors (Lipinski definition) is 2. The number of aryl methyl sites for hydroxylation is 1. The van der Waals surface area contributed by atoms with Crippen LogP contribution >= 0.6 is 11.6 Å². The Balaban J connectivity index is 1.48. The fraction of sp³-hybridized carbons (Fsp3) is 0.148. The summed E-state index contributed by atoms with van der Waals surface area (Å²) in [5.41, 5.74) is 5.01. The normalized spacial score (nSPS) is 11.6. The van der Waals surface area contributed by atoms with Crippen molar-refractivity contribution in [3.05, 3.63) is 94.7 Å². The van der Waals surface area contributed by atoms with E-state index in [2.05, 4.69) is 10.5 Å². The van der Waals surface area contributed by atoms with E-state index in [0.717, 1.165) is 22.3 Å². The molecule has 1 atom stereocenters. The minimum atomic E-state index is -0.864. The number of halogens is 1. The van der Waals surface area contributed by atoms with Crippen LogP contribution in [-0.4, -0.2) is 22.3 Å². The minimum absolute atomic E-state index is 0.0138. The van der Waals surface area contributed by atoms with E-state index in [1.165, 1.54) is 0 Å². The van der Waals surface area contributed by atoms with Gasteiger partial charge in [-0.1, -0.05) is 83.5 Å². The number of benzene rings is 3. The molecular weight excluding hydrogens is 468 g/mol. The average molecular weight is 491 g/mol. The first-order valence-electron chi connectivity index (χ1n) is 10.9. The molecule has 0 aliphatic carbocycles. The SMILES string of the molecule is Cc1onc(-c2ccc(-c3ccc(CC(=O)O)cc3)cc2)c1NC(=O)O[C@H](C)c1ccccc1Cl. The second kappa shape index (κ2) is 10.4. The van der Waals surface area contributed by atoms with Crippen molar-refractivity contribution in [2.45, 2.75) is 26.4 Å². The van der Waals surface area contributed by atoms with Crippen LogP contribution in [0, 0.1) is 6.92 Å². The number of aliphatic carboxylic acids is 1. The lowest BCUT2D eigenvalue weighted by Crippen LogP contribution is -2.17. The fourth-order valence-electron chi connectivity index (χ4n) is 3.69. The van der Waals surface area contributed by atoms with Gasteiger partial charge in [0.15, 0.2) is 5.76 Å². The number of carboxylic acids is 1. The molecule has 35 heavy (non-hydrogen) atoms. The molecule has 0 unspecified atom stereocenters. The quantitative estimate of drug-likeness (QED) is 0.292. The molecule has 1 aromatic heterocycles. The van der Waals surface area contributed by atoms with Crippen molar-refractivity contribution < 1.29 is 24.0 Å². The molecule has 0 radical (unpaired) electrons. The predicted octanol–water partition coefficient (Wildman–Crippen LogP) is 6.91. The Morgan fingerprint density at radius 3 is 2.23 bits per heavy atom. The third-order valence-electron chi connectivity index (χ3n) is 5.52. The molecule has 0 saturated heterocycles. The van der Waals surface area contributed by atoms with E-state index < -0.39 is 18.2 Å². The van der Waals surface area contributed by atoms with Gasteiger partial charge in [0.1, 0.15) is 17.5 Å². The average Bonchev–Trinajstić information content (AvgIpc) is 3.19. The van der Waals surface area contributed by atoms with Crippen LogP contribution in [0.15, 0.2) is 77.3 Å². The van der Waals surface area contributed by atoms with Crippen LogP contribution in [0.25, 0.3) is 22.4 Å². The molecular formula is C27H23ClN2O5. The van der Waals surface area contributed by atoms with Crippen LogP contribution in [0.1, 0.15) is 29.9 Å². The van der Waals surface area contributed by atoms with E-state index in [9.17, 15) is 9.59 Å². The van der Waals surface area contributed by atoms with E-state index in [0.29, 0.717) is 27.7 Å². The second-order valence-electron chi connectivity index (χ2n) is 8.00. The molecule has 0 aliphatic heterocycles. The lowest BCUT2D eigenvalue weighted by molar-refractivity contribution is -0.136. The molecule has 3 aromatic carbocycles. The molecule has 0 fully saturated rings. The third kappa shape index (κ3) is 5.70. The summed E-state index contributed by atoms with van der Waals surface area (Å²) in [6.45, 7) is 3.45. The maximum Gasteiger partial charge on any atom is 0.412 e. The van der Waals surface area contributed by atoms with Crippen LogP contribution in [0.3, 0.4) is 0 Å². The van der Waals surface area contributed by atoms with Crippen LogP contribution in [0.2, 0.25) is 5.02 Å². The molecule has 0 bridgehead atoms. The number of carboxylic acid groups (broad SMARTS) is 1. The number of carbonyl (C=O) groups excluding carboxylic acids is 1. The van der Waals surface area contributed by atoms with Gasteiger partial charge in [0, 0.05) is 16.1 Å². The highest BCUT2D eigenvalue weighted by Crippen LogP contribution is 2.33. The van der Waals surface area contributed by atoms with Gasteiger partial charge >= 0.3 is 12.1 Å². The number of rotatable bonds is 7. The highest BCUT2D eigenvalue weighted by Gasteiger charge is 2.20. The molecule has 7 nitrogen and oxygen atoms in total. The van der Waals surface area contributed by atoms with Gasteiger partial charge in [-0.25, -0.2) is 4.79 Å². The first-order chi connectivity index (χ1) is 16.8. The summed E-state index contributed by atoms with van der Waals surface area (Å²) in [5.74, 6) is -0.419. The Labute approximate surface area is 207 Å². The highest BCUT2D eigenvalue weighted by atomic mass is 35.5. The minimum Gasteiger partial charge on any atom is -0.481 e. The molecule has 8 heteroatoms. The summed E-state index contributed by atoms with van der Waals surface area (Å²) >= 11 is 6.20. The van der Waals surface area contributed by atoms with Gasteiger partial charge < -0.3 is 14.4 Å². The standard InChI is InChI=1S/C27H23ClN2O5/c1-16(22-5-3-4-6-23(22)28)34-27(33)29-25-17(2)35-30-26(25)21-13-11-20(12-14-21)19-9-7-18(8-10-19)15-24(31)32/h3-14,16H,15H2,1-2H3,(H,29,33)(H,31,32)/t16-/m1/s1. The van der Waals surface area contributed by atoms with Crippen LogP contribution in [0.4, 0.5) is 10.5 Å². The maximum absolute atomic E-state index is 12.6. The van der Waals surface area contributed by atoms with Crippen molar-refractivity contribution in [3.63, 3.8) is 0 Å². The van der Waals surface area contributed by atoms with Gasteiger partial charge in [0.05, 0.1) is 6.42 Å². The first-order valence-corrected chi connectivity index (χ1v) is 11.3. The van der Waals surface area contributed by atoms with E-state index in [4.69, 9.17) is 26.0 Å². The van der Waals surface area contributed by atoms with Gasteiger partial charge in [-0.15, -0.1) is 0 Å². The predicted molar refractivity (Wildman–Crippen MR) is 133 cm³/mol. The summed E-state index contributed by atoms with van der Waals surface area (Å²) in [5, 5.41) is 16.3. The number of nitrogens with one attached hydrogen (secondary N) is 1. The van der Waals surface area contributed by atoms with Crippen molar-refractivity contribution in [2.75, 3.05) is 5.32 Å². The van der Waals surface area contributed by atoms with E-state index in [1.807, 2.05) is 48.5 Å². The van der Waals surface area contributed by atoms with Gasteiger partial charge in [-0.2, -0.15) is 0 Å². The fourth-order valence-corrected chi connectivity index (χ4v) is 3.98. The number of nitrogens with zero attached hydrogens (tertiary/aromatic N) is 1. The Morgan fingerprint density at radius 2 is 1.60 bits per heavy atom. The van der Waals surface area contributed by atoms with Crippen LogP contribution < -0.4 is 5.32 Å². The zero-order valence-corrected chi connectivity index (χ0v) is 19.9. The Kier molecular flexibility index (Phi) is 7.17. The Morgan fingerprint density at radius 1 is 1.00 bits per heavy atom. The number of carbonyl (C=O) groups is 2. The van der Waals surface area contributed by atoms with Crippen molar-refractivity contribution in [1.29, 1.82) is 0 Å². The Hall–Kier alpha value is -4.10. The second-order valence-corrected chi connectivity index (χ2v) is 8.41. The van der Waals surface area contributed by atoms with Gasteiger partial charge in [0.25, 0.3) is 0 Å². The lowest BCUT2D eigenvalue weighted by Gasteiger charge is -2.15. The van der Waals surface area contributed by atoms with Crippen LogP contribution in [0.5, 0.6) is 0 Å². The zero-order valence-electron chi connectivity index (χ0n) is 19.1.